The number of aromatic nitrogens is 2. The summed E-state index contributed by atoms with van der Waals surface area (Å²) in [5.41, 5.74) is -0.153. The molecule has 1 atom stereocenters. The van der Waals surface area contributed by atoms with E-state index in [-0.39, 0.29) is 5.60 Å². The maximum Gasteiger partial charge on any atom is 0.157 e. The first-order valence-corrected chi connectivity index (χ1v) is 6.45. The fraction of sp³-hybridized carbons (Fsp3) is 0.769. The van der Waals surface area contributed by atoms with Crippen LogP contribution in [0.5, 0.6) is 5.75 Å². The molecule has 1 unspecified atom stereocenters. The molecule has 17 heavy (non-hydrogen) atoms. The van der Waals surface area contributed by atoms with Crippen LogP contribution in [-0.4, -0.2) is 28.5 Å². The van der Waals surface area contributed by atoms with Crippen molar-refractivity contribution in [3.63, 3.8) is 0 Å². The van der Waals surface area contributed by atoms with Gasteiger partial charge in [-0.05, 0) is 52.6 Å². The predicted octanol–water partition coefficient (Wildman–Crippen LogP) is 2.06. The van der Waals surface area contributed by atoms with Crippen molar-refractivity contribution >= 4 is 0 Å². The SMILES string of the molecule is CC(C)(C)Oc1cnn(CC2CCCNC2)c1. The summed E-state index contributed by atoms with van der Waals surface area (Å²) in [6.45, 7) is 9.41. The fourth-order valence-corrected chi connectivity index (χ4v) is 2.20. The number of rotatable bonds is 3. The number of piperidine rings is 1. The number of hydrogen-bond donors (Lipinski definition) is 1. The lowest BCUT2D eigenvalue weighted by molar-refractivity contribution is 0.130. The zero-order chi connectivity index (χ0) is 12.3. The monoisotopic (exact) mass is 237 g/mol. The largest absolute Gasteiger partial charge is 0.485 e. The Morgan fingerprint density at radius 1 is 1.53 bits per heavy atom. The summed E-state index contributed by atoms with van der Waals surface area (Å²) < 4.78 is 7.77. The van der Waals surface area contributed by atoms with Gasteiger partial charge in [-0.15, -0.1) is 0 Å². The highest BCUT2D eigenvalue weighted by Crippen LogP contribution is 2.18. The van der Waals surface area contributed by atoms with Crippen LogP contribution in [0.1, 0.15) is 33.6 Å². The van der Waals surface area contributed by atoms with Crippen molar-refractivity contribution in [1.82, 2.24) is 15.1 Å². The van der Waals surface area contributed by atoms with Crippen molar-refractivity contribution in [2.24, 2.45) is 5.92 Å². The average Bonchev–Trinajstić information content (AvgIpc) is 2.64. The third kappa shape index (κ3) is 4.04. The second-order valence-corrected chi connectivity index (χ2v) is 5.82. The van der Waals surface area contributed by atoms with E-state index in [2.05, 4.69) is 31.2 Å². The molecule has 0 bridgehead atoms. The van der Waals surface area contributed by atoms with Crippen molar-refractivity contribution in [3.05, 3.63) is 12.4 Å². The molecule has 1 fully saturated rings. The summed E-state index contributed by atoms with van der Waals surface area (Å²) in [7, 11) is 0. The Hall–Kier alpha value is -1.03. The van der Waals surface area contributed by atoms with Gasteiger partial charge < -0.3 is 10.1 Å². The zero-order valence-electron chi connectivity index (χ0n) is 11.1. The summed E-state index contributed by atoms with van der Waals surface area (Å²) in [5, 5.41) is 7.79. The molecule has 1 saturated heterocycles. The van der Waals surface area contributed by atoms with E-state index in [1.54, 1.807) is 0 Å². The van der Waals surface area contributed by atoms with E-state index >= 15 is 0 Å². The van der Waals surface area contributed by atoms with Gasteiger partial charge in [0.05, 0.1) is 12.4 Å². The van der Waals surface area contributed by atoms with E-state index in [1.807, 2.05) is 17.1 Å². The first-order valence-electron chi connectivity index (χ1n) is 6.45. The van der Waals surface area contributed by atoms with Crippen LogP contribution in [0.2, 0.25) is 0 Å². The number of nitrogens with zero attached hydrogens (tertiary/aromatic N) is 2. The molecule has 0 aliphatic carbocycles. The molecule has 2 rings (SSSR count). The third-order valence-electron chi connectivity index (χ3n) is 2.88. The Morgan fingerprint density at radius 2 is 2.35 bits per heavy atom. The van der Waals surface area contributed by atoms with Gasteiger partial charge in [-0.1, -0.05) is 0 Å². The van der Waals surface area contributed by atoms with E-state index in [0.29, 0.717) is 5.92 Å². The standard InChI is InChI=1S/C13H23N3O/c1-13(2,3)17-12-8-15-16(10-12)9-11-5-4-6-14-7-11/h8,10-11,14H,4-7,9H2,1-3H3. The van der Waals surface area contributed by atoms with Crippen molar-refractivity contribution in [2.75, 3.05) is 13.1 Å². The molecule has 4 nitrogen and oxygen atoms in total. The van der Waals surface area contributed by atoms with Crippen LogP contribution >= 0.6 is 0 Å². The number of ether oxygens (including phenoxy) is 1. The molecule has 1 aromatic rings. The molecule has 4 heteroatoms. The molecular formula is C13H23N3O. The highest BCUT2D eigenvalue weighted by atomic mass is 16.5. The van der Waals surface area contributed by atoms with Gasteiger partial charge in [0.25, 0.3) is 0 Å². The van der Waals surface area contributed by atoms with Crippen molar-refractivity contribution in [3.8, 4) is 5.75 Å². The van der Waals surface area contributed by atoms with Crippen LogP contribution in [0.4, 0.5) is 0 Å². The Labute approximate surface area is 103 Å². The zero-order valence-corrected chi connectivity index (χ0v) is 11.1. The Bertz CT molecular complexity index is 348. The van der Waals surface area contributed by atoms with E-state index in [0.717, 1.165) is 25.4 Å². The van der Waals surface area contributed by atoms with E-state index in [4.69, 9.17) is 4.74 Å². The first-order chi connectivity index (χ1) is 8.03. The van der Waals surface area contributed by atoms with Crippen molar-refractivity contribution in [2.45, 2.75) is 45.8 Å². The minimum Gasteiger partial charge on any atom is -0.485 e. The third-order valence-corrected chi connectivity index (χ3v) is 2.88. The minimum atomic E-state index is -0.153. The maximum absolute atomic E-state index is 5.77. The summed E-state index contributed by atoms with van der Waals surface area (Å²) >= 11 is 0. The quantitative estimate of drug-likeness (QED) is 0.874. The number of hydrogen-bond acceptors (Lipinski definition) is 3. The molecule has 1 N–H and O–H groups in total. The molecule has 0 amide bonds. The molecule has 1 aliphatic rings. The van der Waals surface area contributed by atoms with Crippen LogP contribution in [0.3, 0.4) is 0 Å². The normalized spacial score (nSPS) is 21.5. The molecule has 0 radical (unpaired) electrons. The average molecular weight is 237 g/mol. The van der Waals surface area contributed by atoms with Crippen LogP contribution in [0.25, 0.3) is 0 Å². The molecule has 1 aliphatic heterocycles. The summed E-state index contributed by atoms with van der Waals surface area (Å²) in [5.74, 6) is 1.56. The lowest BCUT2D eigenvalue weighted by atomic mass is 10.00. The highest BCUT2D eigenvalue weighted by molar-refractivity contribution is 5.12. The summed E-state index contributed by atoms with van der Waals surface area (Å²) in [6, 6.07) is 0. The molecule has 0 aromatic carbocycles. The molecule has 0 spiro atoms. The lowest BCUT2D eigenvalue weighted by Crippen LogP contribution is -2.32. The lowest BCUT2D eigenvalue weighted by Gasteiger charge is -2.22. The van der Waals surface area contributed by atoms with Crippen molar-refractivity contribution in [1.29, 1.82) is 0 Å². The summed E-state index contributed by atoms with van der Waals surface area (Å²) in [4.78, 5) is 0. The number of nitrogens with one attached hydrogen (secondary N) is 1. The molecule has 0 saturated carbocycles. The van der Waals surface area contributed by atoms with Gasteiger partial charge in [0, 0.05) is 6.54 Å². The fourth-order valence-electron chi connectivity index (χ4n) is 2.20. The van der Waals surface area contributed by atoms with Gasteiger partial charge >= 0.3 is 0 Å². The van der Waals surface area contributed by atoms with Gasteiger partial charge in [-0.3, -0.25) is 4.68 Å². The highest BCUT2D eigenvalue weighted by Gasteiger charge is 2.16. The molecule has 96 valence electrons. The second kappa shape index (κ2) is 5.08. The van der Waals surface area contributed by atoms with E-state index in [1.165, 1.54) is 12.8 Å². The predicted molar refractivity (Wildman–Crippen MR) is 68.2 cm³/mol. The van der Waals surface area contributed by atoms with Crippen LogP contribution in [0.15, 0.2) is 12.4 Å². The molecule has 2 heterocycles. The van der Waals surface area contributed by atoms with Crippen molar-refractivity contribution < 1.29 is 4.74 Å². The first kappa shape index (κ1) is 12.4. The second-order valence-electron chi connectivity index (χ2n) is 5.82. The molecular weight excluding hydrogens is 214 g/mol. The van der Waals surface area contributed by atoms with Crippen LogP contribution in [0, 0.1) is 5.92 Å². The molecule has 1 aromatic heterocycles. The van der Waals surface area contributed by atoms with Gasteiger partial charge in [0.1, 0.15) is 5.60 Å². The van der Waals surface area contributed by atoms with Gasteiger partial charge in [-0.25, -0.2) is 0 Å². The Morgan fingerprint density at radius 3 is 3.00 bits per heavy atom. The Balaban J connectivity index is 1.89. The van der Waals surface area contributed by atoms with E-state index < -0.39 is 0 Å². The maximum atomic E-state index is 5.77. The van der Waals surface area contributed by atoms with Crippen LogP contribution in [-0.2, 0) is 6.54 Å². The smallest absolute Gasteiger partial charge is 0.157 e. The topological polar surface area (TPSA) is 39.1 Å². The van der Waals surface area contributed by atoms with E-state index in [9.17, 15) is 0 Å². The minimum absolute atomic E-state index is 0.153. The Kier molecular flexibility index (Phi) is 3.72. The van der Waals surface area contributed by atoms with Crippen LogP contribution < -0.4 is 10.1 Å². The van der Waals surface area contributed by atoms with Gasteiger partial charge in [-0.2, -0.15) is 5.10 Å². The van der Waals surface area contributed by atoms with Gasteiger partial charge in [0.2, 0.25) is 0 Å². The summed E-state index contributed by atoms with van der Waals surface area (Å²) in [6.07, 6.45) is 6.38. The van der Waals surface area contributed by atoms with Gasteiger partial charge in [0.15, 0.2) is 5.75 Å².